The van der Waals surface area contributed by atoms with Gasteiger partial charge in [-0.05, 0) is 36.2 Å². The molecule has 31 heavy (non-hydrogen) atoms. The van der Waals surface area contributed by atoms with Crippen LogP contribution in [0.4, 0.5) is 5.82 Å². The Hall–Kier alpha value is -4.08. The van der Waals surface area contributed by atoms with Gasteiger partial charge in [-0.2, -0.15) is 10.5 Å². The van der Waals surface area contributed by atoms with E-state index in [1.165, 1.54) is 11.8 Å². The van der Waals surface area contributed by atoms with Gasteiger partial charge in [0.2, 0.25) is 0 Å². The van der Waals surface area contributed by atoms with Gasteiger partial charge in [0.25, 0.3) is 0 Å². The molecule has 152 valence electrons. The quantitative estimate of drug-likeness (QED) is 0.356. The van der Waals surface area contributed by atoms with Crippen LogP contribution in [0.3, 0.4) is 0 Å². The molecule has 0 saturated carbocycles. The predicted molar refractivity (Wildman–Crippen MR) is 119 cm³/mol. The summed E-state index contributed by atoms with van der Waals surface area (Å²) in [5, 5.41) is 19.9. The normalized spacial score (nSPS) is 10.6. The number of hydrogen-bond acceptors (Lipinski definition) is 7. The maximum Gasteiger partial charge on any atom is 0.326 e. The van der Waals surface area contributed by atoms with Crippen LogP contribution in [-0.4, -0.2) is 25.3 Å². The summed E-state index contributed by atoms with van der Waals surface area (Å²) in [6.07, 6.45) is 3.88. The number of nitrogens with two attached hydrogens (primary N) is 1. The van der Waals surface area contributed by atoms with Gasteiger partial charge in [0.1, 0.15) is 28.5 Å². The topological polar surface area (TPSA) is 137 Å². The number of anilines is 1. The number of H-pyrrole nitrogens is 1. The average molecular weight is 427 g/mol. The molecular weight excluding hydrogens is 410 g/mol. The summed E-state index contributed by atoms with van der Waals surface area (Å²) in [6, 6.07) is 15.2. The number of pyridine rings is 2. The van der Waals surface area contributed by atoms with E-state index in [2.05, 4.69) is 27.1 Å². The van der Waals surface area contributed by atoms with Gasteiger partial charge in [0.05, 0.1) is 16.6 Å². The van der Waals surface area contributed by atoms with E-state index in [0.717, 1.165) is 11.0 Å². The number of para-hydroxylation sites is 2. The third-order valence-corrected chi connectivity index (χ3v) is 5.89. The van der Waals surface area contributed by atoms with Crippen molar-refractivity contribution in [2.75, 3.05) is 11.5 Å². The highest BCUT2D eigenvalue weighted by molar-refractivity contribution is 7.99. The number of rotatable bonds is 6. The van der Waals surface area contributed by atoms with Crippen molar-refractivity contribution in [3.63, 3.8) is 0 Å². The van der Waals surface area contributed by atoms with Gasteiger partial charge >= 0.3 is 5.69 Å². The van der Waals surface area contributed by atoms with Crippen LogP contribution in [0, 0.1) is 22.7 Å². The lowest BCUT2D eigenvalue weighted by Crippen LogP contribution is -2.17. The van der Waals surface area contributed by atoms with Crippen molar-refractivity contribution < 1.29 is 0 Å². The molecule has 0 radical (unpaired) electrons. The Labute approximate surface area is 182 Å². The number of benzene rings is 1. The minimum atomic E-state index is -0.148. The molecule has 0 aliphatic carbocycles. The highest BCUT2D eigenvalue weighted by Crippen LogP contribution is 2.35. The molecule has 0 spiro atoms. The Balaban J connectivity index is 1.58. The van der Waals surface area contributed by atoms with Crippen molar-refractivity contribution >= 4 is 28.6 Å². The van der Waals surface area contributed by atoms with Crippen LogP contribution in [0.1, 0.15) is 17.5 Å². The van der Waals surface area contributed by atoms with Crippen molar-refractivity contribution in [2.45, 2.75) is 18.0 Å². The summed E-state index contributed by atoms with van der Waals surface area (Å²) in [5.41, 5.74) is 9.19. The van der Waals surface area contributed by atoms with Gasteiger partial charge in [-0.25, -0.2) is 9.78 Å². The van der Waals surface area contributed by atoms with Crippen molar-refractivity contribution in [3.05, 3.63) is 70.4 Å². The second-order valence-electron chi connectivity index (χ2n) is 6.69. The number of aromatic nitrogens is 4. The van der Waals surface area contributed by atoms with Crippen molar-refractivity contribution in [3.8, 4) is 23.3 Å². The SMILES string of the molecule is N#Cc1c(N)nc(SCCCn2c(=O)[nH]c3ccccc32)c(C#N)c1-c1ccncc1. The Morgan fingerprint density at radius 1 is 1.10 bits per heavy atom. The van der Waals surface area contributed by atoms with Crippen LogP contribution >= 0.6 is 11.8 Å². The number of fused-ring (bicyclic) bond motifs is 1. The molecule has 0 fully saturated rings. The maximum absolute atomic E-state index is 12.2. The molecule has 3 N–H and O–H groups in total. The van der Waals surface area contributed by atoms with Crippen LogP contribution < -0.4 is 11.4 Å². The lowest BCUT2D eigenvalue weighted by Gasteiger charge is -2.12. The zero-order chi connectivity index (χ0) is 21.8. The van der Waals surface area contributed by atoms with Gasteiger partial charge in [-0.15, -0.1) is 11.8 Å². The molecule has 3 aromatic heterocycles. The Morgan fingerprint density at radius 2 is 1.84 bits per heavy atom. The summed E-state index contributed by atoms with van der Waals surface area (Å²) in [7, 11) is 0. The first kappa shape index (κ1) is 20.2. The van der Waals surface area contributed by atoms with Crippen molar-refractivity contribution in [1.82, 2.24) is 19.5 Å². The van der Waals surface area contributed by atoms with E-state index >= 15 is 0 Å². The number of hydrogen-bond donors (Lipinski definition) is 2. The molecule has 9 heteroatoms. The van der Waals surface area contributed by atoms with E-state index in [-0.39, 0.29) is 17.1 Å². The van der Waals surface area contributed by atoms with Crippen molar-refractivity contribution in [1.29, 1.82) is 10.5 Å². The third kappa shape index (κ3) is 3.87. The van der Waals surface area contributed by atoms with E-state index in [9.17, 15) is 15.3 Å². The van der Waals surface area contributed by atoms with Gasteiger partial charge in [0.15, 0.2) is 0 Å². The number of nitriles is 2. The summed E-state index contributed by atoms with van der Waals surface area (Å²) in [5.74, 6) is 0.707. The number of thioether (sulfide) groups is 1. The Kier molecular flexibility index (Phi) is 5.69. The minimum Gasteiger partial charge on any atom is -0.383 e. The standard InChI is InChI=1S/C22H17N7OS/c23-12-15-19(14-6-8-26-9-7-14)16(13-24)21(28-20(15)25)31-11-3-10-29-18-5-2-1-4-17(18)27-22(29)30/h1-2,4-9H,3,10-11H2,(H2,25,28)(H,27,30). The highest BCUT2D eigenvalue weighted by atomic mass is 32.2. The summed E-state index contributed by atoms with van der Waals surface area (Å²) in [4.78, 5) is 23.4. The van der Waals surface area contributed by atoms with E-state index in [1.54, 1.807) is 29.1 Å². The summed E-state index contributed by atoms with van der Waals surface area (Å²) < 4.78 is 1.70. The number of nitrogen functional groups attached to an aromatic ring is 1. The van der Waals surface area contributed by atoms with E-state index in [0.29, 0.717) is 40.4 Å². The Morgan fingerprint density at radius 3 is 2.58 bits per heavy atom. The molecule has 1 aromatic carbocycles. The number of nitrogens with zero attached hydrogens (tertiary/aromatic N) is 5. The molecule has 8 nitrogen and oxygen atoms in total. The van der Waals surface area contributed by atoms with Crippen molar-refractivity contribution in [2.24, 2.45) is 0 Å². The van der Waals surface area contributed by atoms with E-state index in [1.807, 2.05) is 24.3 Å². The van der Waals surface area contributed by atoms with E-state index in [4.69, 9.17) is 5.73 Å². The monoisotopic (exact) mass is 427 g/mol. The summed E-state index contributed by atoms with van der Waals surface area (Å²) >= 11 is 1.38. The largest absolute Gasteiger partial charge is 0.383 e. The fourth-order valence-corrected chi connectivity index (χ4v) is 4.35. The molecule has 0 aliphatic heterocycles. The fourth-order valence-electron chi connectivity index (χ4n) is 3.43. The molecule has 0 unspecified atom stereocenters. The molecule has 0 aliphatic rings. The number of aryl methyl sites for hydroxylation is 1. The first-order valence-electron chi connectivity index (χ1n) is 9.48. The smallest absolute Gasteiger partial charge is 0.326 e. The lowest BCUT2D eigenvalue weighted by atomic mass is 9.98. The van der Waals surface area contributed by atoms with E-state index < -0.39 is 0 Å². The minimum absolute atomic E-state index is 0.0867. The molecule has 0 atom stereocenters. The zero-order valence-electron chi connectivity index (χ0n) is 16.4. The second-order valence-corrected chi connectivity index (χ2v) is 7.77. The molecule has 0 saturated heterocycles. The highest BCUT2D eigenvalue weighted by Gasteiger charge is 2.20. The average Bonchev–Trinajstić information content (AvgIpc) is 3.11. The third-order valence-electron chi connectivity index (χ3n) is 4.83. The molecule has 3 heterocycles. The second kappa shape index (κ2) is 8.74. The van der Waals surface area contributed by atoms with Crippen LogP contribution in [0.25, 0.3) is 22.2 Å². The van der Waals surface area contributed by atoms with Crippen LogP contribution in [0.5, 0.6) is 0 Å². The van der Waals surface area contributed by atoms with Crippen LogP contribution in [0.2, 0.25) is 0 Å². The fraction of sp³-hybridized carbons (Fsp3) is 0.136. The first-order valence-corrected chi connectivity index (χ1v) is 10.5. The number of imidazole rings is 1. The van der Waals surface area contributed by atoms with Crippen LogP contribution in [-0.2, 0) is 6.54 Å². The molecular formula is C22H17N7OS. The molecule has 4 rings (SSSR count). The number of nitrogens with one attached hydrogen (secondary N) is 1. The maximum atomic E-state index is 12.2. The van der Waals surface area contributed by atoms with Gasteiger partial charge in [0, 0.05) is 30.3 Å². The van der Waals surface area contributed by atoms with Gasteiger partial charge < -0.3 is 10.7 Å². The zero-order valence-corrected chi connectivity index (χ0v) is 17.2. The van der Waals surface area contributed by atoms with Gasteiger partial charge in [-0.3, -0.25) is 9.55 Å². The summed E-state index contributed by atoms with van der Waals surface area (Å²) in [6.45, 7) is 0.528. The number of aromatic amines is 1. The predicted octanol–water partition coefficient (Wildman–Crippen LogP) is 3.29. The molecule has 4 aromatic rings. The van der Waals surface area contributed by atoms with Gasteiger partial charge in [-0.1, -0.05) is 12.1 Å². The molecule has 0 amide bonds. The van der Waals surface area contributed by atoms with Crippen LogP contribution in [0.15, 0.2) is 58.6 Å². The molecule has 0 bridgehead atoms. The first-order chi connectivity index (χ1) is 15.1. The Bertz CT molecular complexity index is 1390. The lowest BCUT2D eigenvalue weighted by molar-refractivity contribution is 0.679.